The molecule has 5 heteroatoms. The maximum atomic E-state index is 11.8. The summed E-state index contributed by atoms with van der Waals surface area (Å²) in [5.74, 6) is 0.332. The van der Waals surface area contributed by atoms with Crippen LogP contribution in [-0.2, 0) is 9.53 Å². The van der Waals surface area contributed by atoms with Crippen LogP contribution in [0.3, 0.4) is 0 Å². The van der Waals surface area contributed by atoms with E-state index in [1.54, 1.807) is 26.2 Å². The number of para-hydroxylation sites is 1. The Kier molecular flexibility index (Phi) is 7.04. The van der Waals surface area contributed by atoms with Gasteiger partial charge in [-0.1, -0.05) is 25.1 Å². The molecule has 0 aliphatic carbocycles. The van der Waals surface area contributed by atoms with E-state index >= 15 is 0 Å². The van der Waals surface area contributed by atoms with E-state index < -0.39 is 12.2 Å². The number of hydrogen-bond acceptors (Lipinski definition) is 4. The van der Waals surface area contributed by atoms with Crippen LogP contribution in [0.4, 0.5) is 0 Å². The van der Waals surface area contributed by atoms with Crippen molar-refractivity contribution in [2.75, 3.05) is 20.3 Å². The second-order valence-corrected chi connectivity index (χ2v) is 4.51. The highest BCUT2D eigenvalue weighted by molar-refractivity contribution is 5.80. The molecule has 0 heterocycles. The van der Waals surface area contributed by atoms with E-state index in [0.717, 1.165) is 0 Å². The van der Waals surface area contributed by atoms with Crippen LogP contribution in [-0.4, -0.2) is 37.4 Å². The SMILES string of the molecule is CCC(O)c1ccccc1OC(C)C(=O)NCCOC. The van der Waals surface area contributed by atoms with Crippen molar-refractivity contribution in [1.29, 1.82) is 0 Å². The van der Waals surface area contributed by atoms with Gasteiger partial charge in [0, 0.05) is 19.2 Å². The van der Waals surface area contributed by atoms with E-state index in [4.69, 9.17) is 9.47 Å². The summed E-state index contributed by atoms with van der Waals surface area (Å²) in [7, 11) is 1.58. The van der Waals surface area contributed by atoms with Crippen LogP contribution >= 0.6 is 0 Å². The van der Waals surface area contributed by atoms with Gasteiger partial charge < -0.3 is 19.9 Å². The molecule has 0 aromatic heterocycles. The van der Waals surface area contributed by atoms with E-state index in [0.29, 0.717) is 30.9 Å². The first-order chi connectivity index (χ1) is 9.60. The minimum absolute atomic E-state index is 0.206. The Morgan fingerprint density at radius 1 is 1.40 bits per heavy atom. The maximum Gasteiger partial charge on any atom is 0.260 e. The number of aliphatic hydroxyl groups excluding tert-OH is 1. The van der Waals surface area contributed by atoms with Gasteiger partial charge in [-0.15, -0.1) is 0 Å². The molecule has 5 nitrogen and oxygen atoms in total. The molecular weight excluding hydrogens is 258 g/mol. The van der Waals surface area contributed by atoms with Crippen LogP contribution in [0.25, 0.3) is 0 Å². The summed E-state index contributed by atoms with van der Waals surface area (Å²) in [6, 6.07) is 7.22. The number of rotatable bonds is 8. The van der Waals surface area contributed by atoms with E-state index in [-0.39, 0.29) is 5.91 Å². The fraction of sp³-hybridized carbons (Fsp3) is 0.533. The predicted molar refractivity (Wildman–Crippen MR) is 76.7 cm³/mol. The number of benzene rings is 1. The third-order valence-electron chi connectivity index (χ3n) is 2.94. The van der Waals surface area contributed by atoms with Crippen LogP contribution < -0.4 is 10.1 Å². The zero-order chi connectivity index (χ0) is 15.0. The minimum atomic E-state index is -0.628. The van der Waals surface area contributed by atoms with E-state index in [2.05, 4.69) is 5.32 Å². The van der Waals surface area contributed by atoms with Gasteiger partial charge in [0.2, 0.25) is 0 Å². The van der Waals surface area contributed by atoms with Crippen LogP contribution in [0.5, 0.6) is 5.75 Å². The summed E-state index contributed by atoms with van der Waals surface area (Å²) in [6.07, 6.45) is -0.624. The summed E-state index contributed by atoms with van der Waals surface area (Å²) in [4.78, 5) is 11.8. The molecule has 0 bridgehead atoms. The van der Waals surface area contributed by atoms with Gasteiger partial charge in [0.05, 0.1) is 12.7 Å². The summed E-state index contributed by atoms with van der Waals surface area (Å²) in [5, 5.41) is 12.7. The average Bonchev–Trinajstić information content (AvgIpc) is 2.47. The van der Waals surface area contributed by atoms with Crippen LogP contribution in [0.2, 0.25) is 0 Å². The molecule has 0 aliphatic heterocycles. The van der Waals surface area contributed by atoms with Crippen molar-refractivity contribution in [2.45, 2.75) is 32.5 Å². The normalized spacial score (nSPS) is 13.6. The van der Waals surface area contributed by atoms with Gasteiger partial charge >= 0.3 is 0 Å². The minimum Gasteiger partial charge on any atom is -0.481 e. The number of amides is 1. The van der Waals surface area contributed by atoms with Crippen molar-refractivity contribution in [2.24, 2.45) is 0 Å². The predicted octanol–water partition coefficient (Wildman–Crippen LogP) is 1.66. The molecule has 0 fully saturated rings. The topological polar surface area (TPSA) is 67.8 Å². The molecule has 0 spiro atoms. The Morgan fingerprint density at radius 2 is 2.10 bits per heavy atom. The van der Waals surface area contributed by atoms with Gasteiger partial charge in [0.15, 0.2) is 6.10 Å². The van der Waals surface area contributed by atoms with E-state index in [1.807, 2.05) is 19.1 Å². The fourth-order valence-corrected chi connectivity index (χ4v) is 1.75. The van der Waals surface area contributed by atoms with Gasteiger partial charge in [-0.3, -0.25) is 4.79 Å². The summed E-state index contributed by atoms with van der Waals surface area (Å²) in [5.41, 5.74) is 0.701. The molecule has 0 saturated heterocycles. The molecule has 0 saturated carbocycles. The van der Waals surface area contributed by atoms with Crippen molar-refractivity contribution >= 4 is 5.91 Å². The van der Waals surface area contributed by atoms with Gasteiger partial charge in [-0.25, -0.2) is 0 Å². The number of nitrogens with one attached hydrogen (secondary N) is 1. The lowest BCUT2D eigenvalue weighted by molar-refractivity contribution is -0.127. The van der Waals surface area contributed by atoms with Gasteiger partial charge in [0.1, 0.15) is 5.75 Å². The average molecular weight is 281 g/mol. The monoisotopic (exact) mass is 281 g/mol. The smallest absolute Gasteiger partial charge is 0.260 e. The zero-order valence-corrected chi connectivity index (χ0v) is 12.3. The second-order valence-electron chi connectivity index (χ2n) is 4.51. The van der Waals surface area contributed by atoms with Crippen molar-refractivity contribution in [1.82, 2.24) is 5.32 Å². The number of hydrogen-bond donors (Lipinski definition) is 2. The number of carbonyl (C=O) groups is 1. The molecule has 1 aromatic rings. The van der Waals surface area contributed by atoms with E-state index in [9.17, 15) is 9.90 Å². The second kappa shape index (κ2) is 8.55. The van der Waals surface area contributed by atoms with Crippen LogP contribution in [0.15, 0.2) is 24.3 Å². The van der Waals surface area contributed by atoms with Gasteiger partial charge in [-0.2, -0.15) is 0 Å². The van der Waals surface area contributed by atoms with E-state index in [1.165, 1.54) is 0 Å². The lowest BCUT2D eigenvalue weighted by Crippen LogP contribution is -2.38. The van der Waals surface area contributed by atoms with Crippen molar-refractivity contribution < 1.29 is 19.4 Å². The lowest BCUT2D eigenvalue weighted by Gasteiger charge is -2.19. The first-order valence-electron chi connectivity index (χ1n) is 6.80. The summed E-state index contributed by atoms with van der Waals surface area (Å²) < 4.78 is 10.5. The molecule has 1 aromatic carbocycles. The van der Waals surface area contributed by atoms with Gasteiger partial charge in [-0.05, 0) is 19.4 Å². The fourth-order valence-electron chi connectivity index (χ4n) is 1.75. The molecular formula is C15H23NO4. The molecule has 2 atom stereocenters. The third kappa shape index (κ3) is 4.83. The Balaban J connectivity index is 2.65. The Labute approximate surface area is 119 Å². The molecule has 1 amide bonds. The number of ether oxygens (including phenoxy) is 2. The van der Waals surface area contributed by atoms with Crippen molar-refractivity contribution in [3.8, 4) is 5.75 Å². The quantitative estimate of drug-likeness (QED) is 0.711. The van der Waals surface area contributed by atoms with Crippen molar-refractivity contribution in [3.05, 3.63) is 29.8 Å². The lowest BCUT2D eigenvalue weighted by atomic mass is 10.1. The summed E-state index contributed by atoms with van der Waals surface area (Å²) >= 11 is 0. The zero-order valence-electron chi connectivity index (χ0n) is 12.3. The van der Waals surface area contributed by atoms with Crippen LogP contribution in [0.1, 0.15) is 31.9 Å². The highest BCUT2D eigenvalue weighted by Crippen LogP contribution is 2.27. The highest BCUT2D eigenvalue weighted by atomic mass is 16.5. The number of methoxy groups -OCH3 is 1. The van der Waals surface area contributed by atoms with Crippen LogP contribution in [0, 0.1) is 0 Å². The standard InChI is InChI=1S/C15H23NO4/c1-4-13(17)12-7-5-6-8-14(12)20-11(2)15(18)16-9-10-19-3/h5-8,11,13,17H,4,9-10H2,1-3H3,(H,16,18). The maximum absolute atomic E-state index is 11.8. The highest BCUT2D eigenvalue weighted by Gasteiger charge is 2.17. The molecule has 20 heavy (non-hydrogen) atoms. The molecule has 2 unspecified atom stereocenters. The molecule has 1 rings (SSSR count). The Bertz CT molecular complexity index is 422. The third-order valence-corrected chi connectivity index (χ3v) is 2.94. The number of carbonyl (C=O) groups excluding carboxylic acids is 1. The van der Waals surface area contributed by atoms with Gasteiger partial charge in [0.25, 0.3) is 5.91 Å². The first kappa shape index (κ1) is 16.5. The molecule has 2 N–H and O–H groups in total. The molecule has 0 aliphatic rings. The Morgan fingerprint density at radius 3 is 2.75 bits per heavy atom. The first-order valence-corrected chi connectivity index (χ1v) is 6.80. The molecule has 0 radical (unpaired) electrons. The summed E-state index contributed by atoms with van der Waals surface area (Å²) in [6.45, 7) is 4.48. The number of aliphatic hydroxyl groups is 1. The van der Waals surface area contributed by atoms with Crippen molar-refractivity contribution in [3.63, 3.8) is 0 Å². The Hall–Kier alpha value is -1.59. The largest absolute Gasteiger partial charge is 0.481 e. The molecule has 112 valence electrons.